The third-order valence-corrected chi connectivity index (χ3v) is 3.44. The Balaban J connectivity index is 1.72. The second-order valence-corrected chi connectivity index (χ2v) is 5.00. The maximum absolute atomic E-state index is 11.9. The van der Waals surface area contributed by atoms with Gasteiger partial charge in [0.2, 0.25) is 5.91 Å². The number of hydrogen-bond donors (Lipinski definition) is 2. The fourth-order valence-electron chi connectivity index (χ4n) is 2.17. The normalized spacial score (nSPS) is 10.0. The van der Waals surface area contributed by atoms with Crippen LogP contribution in [-0.2, 0) is 11.2 Å². The van der Waals surface area contributed by atoms with Crippen molar-refractivity contribution in [3.05, 3.63) is 54.1 Å². The molecule has 0 spiro atoms. The van der Waals surface area contributed by atoms with Gasteiger partial charge in [0.25, 0.3) is 0 Å². The Morgan fingerprint density at radius 2 is 1.74 bits per heavy atom. The topological polar surface area (TPSA) is 59.6 Å². The third-order valence-electron chi connectivity index (χ3n) is 3.44. The average molecular weight is 314 g/mol. The Labute approximate surface area is 136 Å². The summed E-state index contributed by atoms with van der Waals surface area (Å²) in [7, 11) is 3.25. The molecule has 0 saturated carbocycles. The molecule has 2 rings (SSSR count). The van der Waals surface area contributed by atoms with Crippen LogP contribution in [0, 0.1) is 0 Å². The number of rotatable bonds is 8. The molecule has 0 saturated heterocycles. The number of nitrogens with one attached hydrogen (secondary N) is 2. The van der Waals surface area contributed by atoms with Gasteiger partial charge in [0.1, 0.15) is 11.5 Å². The predicted octanol–water partition coefficient (Wildman–Crippen LogP) is 2.47. The molecule has 5 heteroatoms. The summed E-state index contributed by atoms with van der Waals surface area (Å²) in [6.07, 6.45) is 0.782. The fourth-order valence-corrected chi connectivity index (χ4v) is 2.17. The summed E-state index contributed by atoms with van der Waals surface area (Å²) in [5.41, 5.74) is 1.96. The Hall–Kier alpha value is -2.69. The number of carbonyl (C=O) groups is 1. The number of methoxy groups -OCH3 is 2. The molecule has 0 aliphatic carbocycles. The predicted molar refractivity (Wildman–Crippen MR) is 91.2 cm³/mol. The van der Waals surface area contributed by atoms with E-state index >= 15 is 0 Å². The largest absolute Gasteiger partial charge is 0.497 e. The van der Waals surface area contributed by atoms with E-state index in [1.807, 2.05) is 48.5 Å². The molecule has 0 aliphatic rings. The highest BCUT2D eigenvalue weighted by molar-refractivity contribution is 5.81. The highest BCUT2D eigenvalue weighted by atomic mass is 16.5. The lowest BCUT2D eigenvalue weighted by Gasteiger charge is -2.11. The Bertz CT molecular complexity index is 626. The van der Waals surface area contributed by atoms with E-state index in [4.69, 9.17) is 9.47 Å². The van der Waals surface area contributed by atoms with Gasteiger partial charge < -0.3 is 20.1 Å². The van der Waals surface area contributed by atoms with Gasteiger partial charge in [-0.15, -0.1) is 0 Å². The second-order valence-electron chi connectivity index (χ2n) is 5.00. The van der Waals surface area contributed by atoms with Crippen molar-refractivity contribution in [2.24, 2.45) is 0 Å². The minimum Gasteiger partial charge on any atom is -0.497 e. The summed E-state index contributed by atoms with van der Waals surface area (Å²) >= 11 is 0. The van der Waals surface area contributed by atoms with Crippen molar-refractivity contribution < 1.29 is 14.3 Å². The van der Waals surface area contributed by atoms with Gasteiger partial charge >= 0.3 is 0 Å². The zero-order chi connectivity index (χ0) is 16.5. The summed E-state index contributed by atoms with van der Waals surface area (Å²) in [6, 6.07) is 15.3. The van der Waals surface area contributed by atoms with Gasteiger partial charge in [0.15, 0.2) is 0 Å². The number of hydrogen-bond acceptors (Lipinski definition) is 4. The molecule has 0 aliphatic heterocycles. The molecule has 5 nitrogen and oxygen atoms in total. The molecule has 122 valence electrons. The number of anilines is 1. The van der Waals surface area contributed by atoms with E-state index in [2.05, 4.69) is 10.6 Å². The zero-order valence-corrected chi connectivity index (χ0v) is 13.5. The first-order valence-corrected chi connectivity index (χ1v) is 7.49. The molecule has 0 unspecified atom stereocenters. The van der Waals surface area contributed by atoms with E-state index < -0.39 is 0 Å². The lowest BCUT2D eigenvalue weighted by atomic mass is 10.1. The van der Waals surface area contributed by atoms with Crippen LogP contribution in [0.25, 0.3) is 0 Å². The molecule has 2 N–H and O–H groups in total. The molecule has 0 fully saturated rings. The average Bonchev–Trinajstić information content (AvgIpc) is 2.60. The van der Waals surface area contributed by atoms with E-state index in [0.717, 1.165) is 29.2 Å². The standard InChI is InChI=1S/C18H22N2O3/c1-22-15-9-7-14(8-10-15)11-12-19-18(21)13-20-16-5-3-4-6-17(16)23-2/h3-10,20H,11-13H2,1-2H3,(H,19,21). The van der Waals surface area contributed by atoms with E-state index in [0.29, 0.717) is 6.54 Å². The number of amides is 1. The fraction of sp³-hybridized carbons (Fsp3) is 0.278. The summed E-state index contributed by atoms with van der Waals surface area (Å²) in [4.78, 5) is 11.9. The Morgan fingerprint density at radius 1 is 1.00 bits per heavy atom. The minimum atomic E-state index is -0.0515. The molecular formula is C18H22N2O3. The van der Waals surface area contributed by atoms with Crippen molar-refractivity contribution in [1.29, 1.82) is 0 Å². The van der Waals surface area contributed by atoms with Crippen LogP contribution in [0.5, 0.6) is 11.5 Å². The van der Waals surface area contributed by atoms with Gasteiger partial charge in [0, 0.05) is 6.54 Å². The maximum atomic E-state index is 11.9. The van der Waals surface area contributed by atoms with Crippen LogP contribution < -0.4 is 20.1 Å². The molecule has 2 aromatic rings. The lowest BCUT2D eigenvalue weighted by molar-refractivity contribution is -0.119. The van der Waals surface area contributed by atoms with E-state index in [-0.39, 0.29) is 12.5 Å². The molecule has 0 aromatic heterocycles. The molecular weight excluding hydrogens is 292 g/mol. The molecule has 0 radical (unpaired) electrons. The van der Waals surface area contributed by atoms with Crippen LogP contribution in [0.2, 0.25) is 0 Å². The van der Waals surface area contributed by atoms with Crippen LogP contribution in [-0.4, -0.2) is 33.2 Å². The minimum absolute atomic E-state index is 0.0515. The molecule has 2 aromatic carbocycles. The molecule has 23 heavy (non-hydrogen) atoms. The van der Waals surface area contributed by atoms with Crippen LogP contribution in [0.4, 0.5) is 5.69 Å². The quantitative estimate of drug-likeness (QED) is 0.786. The second kappa shape index (κ2) is 8.68. The summed E-state index contributed by atoms with van der Waals surface area (Å²) in [6.45, 7) is 0.807. The van der Waals surface area contributed by atoms with Crippen LogP contribution in [0.15, 0.2) is 48.5 Å². The molecule has 0 atom stereocenters. The smallest absolute Gasteiger partial charge is 0.239 e. The summed E-state index contributed by atoms with van der Waals surface area (Å²) < 4.78 is 10.3. The van der Waals surface area contributed by atoms with Crippen molar-refractivity contribution >= 4 is 11.6 Å². The summed E-state index contributed by atoms with van der Waals surface area (Å²) in [5.74, 6) is 1.50. The van der Waals surface area contributed by atoms with Crippen molar-refractivity contribution in [3.63, 3.8) is 0 Å². The highest BCUT2D eigenvalue weighted by Crippen LogP contribution is 2.22. The number of ether oxygens (including phenoxy) is 2. The highest BCUT2D eigenvalue weighted by Gasteiger charge is 2.04. The zero-order valence-electron chi connectivity index (χ0n) is 13.5. The summed E-state index contributed by atoms with van der Waals surface area (Å²) in [5, 5.41) is 5.97. The van der Waals surface area contributed by atoms with Crippen LogP contribution >= 0.6 is 0 Å². The van der Waals surface area contributed by atoms with Crippen molar-refractivity contribution in [1.82, 2.24) is 5.32 Å². The number of carbonyl (C=O) groups excluding carboxylic acids is 1. The lowest BCUT2D eigenvalue weighted by Crippen LogP contribution is -2.31. The van der Waals surface area contributed by atoms with Gasteiger partial charge in [-0.3, -0.25) is 4.79 Å². The molecule has 0 bridgehead atoms. The van der Waals surface area contributed by atoms with Crippen LogP contribution in [0.3, 0.4) is 0 Å². The SMILES string of the molecule is COc1ccc(CCNC(=O)CNc2ccccc2OC)cc1. The van der Waals surface area contributed by atoms with Gasteiger partial charge in [-0.2, -0.15) is 0 Å². The van der Waals surface area contributed by atoms with Gasteiger partial charge in [-0.05, 0) is 36.2 Å². The monoisotopic (exact) mass is 314 g/mol. The van der Waals surface area contributed by atoms with Crippen molar-refractivity contribution in [3.8, 4) is 11.5 Å². The van der Waals surface area contributed by atoms with E-state index in [9.17, 15) is 4.79 Å². The first-order valence-electron chi connectivity index (χ1n) is 7.49. The number of benzene rings is 2. The van der Waals surface area contributed by atoms with E-state index in [1.165, 1.54) is 0 Å². The van der Waals surface area contributed by atoms with Gasteiger partial charge in [-0.1, -0.05) is 24.3 Å². The number of para-hydroxylation sites is 2. The van der Waals surface area contributed by atoms with Crippen molar-refractivity contribution in [2.75, 3.05) is 32.6 Å². The first-order chi connectivity index (χ1) is 11.2. The third kappa shape index (κ3) is 5.21. The maximum Gasteiger partial charge on any atom is 0.239 e. The first kappa shape index (κ1) is 16.7. The van der Waals surface area contributed by atoms with Crippen LogP contribution in [0.1, 0.15) is 5.56 Å². The molecule has 1 amide bonds. The Kier molecular flexibility index (Phi) is 6.29. The Morgan fingerprint density at radius 3 is 2.43 bits per heavy atom. The van der Waals surface area contributed by atoms with E-state index in [1.54, 1.807) is 14.2 Å². The van der Waals surface area contributed by atoms with Gasteiger partial charge in [0.05, 0.1) is 26.5 Å². The van der Waals surface area contributed by atoms with Gasteiger partial charge in [-0.25, -0.2) is 0 Å². The van der Waals surface area contributed by atoms with Crippen molar-refractivity contribution in [2.45, 2.75) is 6.42 Å². The molecule has 0 heterocycles.